The van der Waals surface area contributed by atoms with Crippen molar-refractivity contribution in [3.05, 3.63) is 0 Å². The van der Waals surface area contributed by atoms with Gasteiger partial charge in [0.05, 0.1) is 5.75 Å². The molecule has 0 saturated heterocycles. The molecule has 6 N–H and O–H groups in total. The van der Waals surface area contributed by atoms with Crippen LogP contribution >= 0.6 is 11.8 Å². The number of aliphatic carboxylic acids is 2. The second-order valence-corrected chi connectivity index (χ2v) is 6.67. The van der Waals surface area contributed by atoms with Gasteiger partial charge < -0.3 is 26.6 Å². The monoisotopic (exact) mass is 377 g/mol. The largest absolute Gasteiger partial charge is 0.481 e. The van der Waals surface area contributed by atoms with Crippen LogP contribution in [0.2, 0.25) is 0 Å². The van der Waals surface area contributed by atoms with Gasteiger partial charge in [0.2, 0.25) is 11.8 Å². The molecule has 25 heavy (non-hydrogen) atoms. The maximum atomic E-state index is 11.9. The van der Waals surface area contributed by atoms with E-state index in [1.54, 1.807) is 6.92 Å². The lowest BCUT2D eigenvalue weighted by atomic mass is 10.0. The van der Waals surface area contributed by atoms with Crippen molar-refractivity contribution in [2.45, 2.75) is 38.6 Å². The van der Waals surface area contributed by atoms with E-state index in [1.165, 1.54) is 11.8 Å². The molecule has 0 radical (unpaired) electrons. The molecule has 0 heterocycles. The Morgan fingerprint density at radius 1 is 1.16 bits per heavy atom. The van der Waals surface area contributed by atoms with Crippen molar-refractivity contribution < 1.29 is 29.4 Å². The molecule has 2 unspecified atom stereocenters. The Kier molecular flexibility index (Phi) is 12.5. The zero-order valence-corrected chi connectivity index (χ0v) is 15.1. The Morgan fingerprint density at radius 2 is 1.84 bits per heavy atom. The van der Waals surface area contributed by atoms with Gasteiger partial charge in [0.15, 0.2) is 0 Å². The second kappa shape index (κ2) is 13.5. The van der Waals surface area contributed by atoms with Crippen molar-refractivity contribution in [2.75, 3.05) is 24.6 Å². The second-order valence-electron chi connectivity index (χ2n) is 5.57. The molecule has 0 spiro atoms. The standard InChI is InChI=1S/C15H27N3O6S/c1-10(3-4-13(20)21)14(22)18-11(15(23)24)5-8-25-9-12(19)17-7-2-6-16/h10-11H,2-9,16H2,1H3,(H,17,19)(H,18,22)(H,20,21)(H,23,24). The summed E-state index contributed by atoms with van der Waals surface area (Å²) >= 11 is 1.28. The summed E-state index contributed by atoms with van der Waals surface area (Å²) in [6.07, 6.45) is 0.865. The SMILES string of the molecule is CC(CCC(=O)O)C(=O)NC(CCSCC(=O)NCCCN)C(=O)O. The maximum Gasteiger partial charge on any atom is 0.326 e. The summed E-state index contributed by atoms with van der Waals surface area (Å²) in [5, 5.41) is 22.9. The summed E-state index contributed by atoms with van der Waals surface area (Å²) in [6, 6.07) is -1.06. The highest BCUT2D eigenvalue weighted by molar-refractivity contribution is 7.99. The molecule has 144 valence electrons. The minimum absolute atomic E-state index is 0.142. The van der Waals surface area contributed by atoms with Gasteiger partial charge in [-0.3, -0.25) is 14.4 Å². The fourth-order valence-corrected chi connectivity index (χ4v) is 2.62. The lowest BCUT2D eigenvalue weighted by Gasteiger charge is -2.17. The zero-order chi connectivity index (χ0) is 19.2. The molecule has 0 rings (SSSR count). The van der Waals surface area contributed by atoms with Crippen LogP contribution in [0.4, 0.5) is 0 Å². The lowest BCUT2D eigenvalue weighted by Crippen LogP contribution is -2.43. The lowest BCUT2D eigenvalue weighted by molar-refractivity contribution is -0.143. The molecule has 0 fully saturated rings. The summed E-state index contributed by atoms with van der Waals surface area (Å²) in [5.41, 5.74) is 5.32. The van der Waals surface area contributed by atoms with Gasteiger partial charge in [-0.2, -0.15) is 11.8 Å². The first kappa shape index (κ1) is 23.2. The van der Waals surface area contributed by atoms with Crippen LogP contribution in [0.3, 0.4) is 0 Å². The molecular formula is C15H27N3O6S. The quantitative estimate of drug-likeness (QED) is 0.257. The minimum Gasteiger partial charge on any atom is -0.481 e. The molecular weight excluding hydrogens is 350 g/mol. The van der Waals surface area contributed by atoms with Crippen LogP contribution in [0.1, 0.15) is 32.6 Å². The van der Waals surface area contributed by atoms with E-state index in [4.69, 9.17) is 15.9 Å². The van der Waals surface area contributed by atoms with Crippen LogP contribution in [-0.2, 0) is 19.2 Å². The van der Waals surface area contributed by atoms with Crippen LogP contribution in [0, 0.1) is 5.92 Å². The van der Waals surface area contributed by atoms with Crippen molar-refractivity contribution in [3.63, 3.8) is 0 Å². The highest BCUT2D eigenvalue weighted by Gasteiger charge is 2.23. The number of rotatable bonds is 14. The van der Waals surface area contributed by atoms with E-state index in [-0.39, 0.29) is 30.9 Å². The number of hydrogen-bond acceptors (Lipinski definition) is 6. The van der Waals surface area contributed by atoms with E-state index in [1.807, 2.05) is 0 Å². The van der Waals surface area contributed by atoms with E-state index in [9.17, 15) is 19.2 Å². The molecule has 0 saturated carbocycles. The van der Waals surface area contributed by atoms with Crippen molar-refractivity contribution >= 4 is 35.5 Å². The van der Waals surface area contributed by atoms with Crippen LogP contribution in [0.25, 0.3) is 0 Å². The minimum atomic E-state index is -1.16. The van der Waals surface area contributed by atoms with E-state index < -0.39 is 29.8 Å². The smallest absolute Gasteiger partial charge is 0.326 e. The Bertz CT molecular complexity index is 461. The fourth-order valence-electron chi connectivity index (χ4n) is 1.79. The zero-order valence-electron chi connectivity index (χ0n) is 14.3. The fraction of sp³-hybridized carbons (Fsp3) is 0.733. The van der Waals surface area contributed by atoms with Gasteiger partial charge in [0.25, 0.3) is 0 Å². The molecule has 10 heteroatoms. The molecule has 9 nitrogen and oxygen atoms in total. The summed E-state index contributed by atoms with van der Waals surface area (Å²) in [6.45, 7) is 2.56. The van der Waals surface area contributed by atoms with Crippen molar-refractivity contribution in [1.82, 2.24) is 10.6 Å². The van der Waals surface area contributed by atoms with Gasteiger partial charge in [-0.15, -0.1) is 0 Å². The predicted molar refractivity (Wildman–Crippen MR) is 94.2 cm³/mol. The average Bonchev–Trinajstić information content (AvgIpc) is 2.55. The van der Waals surface area contributed by atoms with Crippen LogP contribution < -0.4 is 16.4 Å². The molecule has 2 amide bonds. The number of amides is 2. The summed E-state index contributed by atoms with van der Waals surface area (Å²) in [4.78, 5) is 45.1. The normalized spacial score (nSPS) is 12.9. The van der Waals surface area contributed by atoms with Gasteiger partial charge >= 0.3 is 11.9 Å². The Hall–Kier alpha value is -1.81. The molecule has 0 aromatic heterocycles. The number of nitrogens with one attached hydrogen (secondary N) is 2. The van der Waals surface area contributed by atoms with Crippen molar-refractivity contribution in [1.29, 1.82) is 0 Å². The van der Waals surface area contributed by atoms with Crippen LogP contribution in [0.15, 0.2) is 0 Å². The molecule has 0 aliphatic heterocycles. The summed E-state index contributed by atoms with van der Waals surface area (Å²) in [7, 11) is 0. The average molecular weight is 377 g/mol. The van der Waals surface area contributed by atoms with Gasteiger partial charge in [-0.05, 0) is 31.6 Å². The van der Waals surface area contributed by atoms with E-state index >= 15 is 0 Å². The number of carbonyl (C=O) groups excluding carboxylic acids is 2. The first-order chi connectivity index (χ1) is 11.8. The molecule has 2 atom stereocenters. The third kappa shape index (κ3) is 12.2. The number of carbonyl (C=O) groups is 4. The van der Waals surface area contributed by atoms with Gasteiger partial charge in [-0.1, -0.05) is 6.92 Å². The van der Waals surface area contributed by atoms with Crippen LogP contribution in [-0.4, -0.2) is 64.6 Å². The summed E-state index contributed by atoms with van der Waals surface area (Å²) in [5.74, 6) is -2.78. The third-order valence-corrected chi connectivity index (χ3v) is 4.33. The third-order valence-electron chi connectivity index (χ3n) is 3.34. The molecule has 0 aliphatic carbocycles. The van der Waals surface area contributed by atoms with E-state index in [0.29, 0.717) is 25.3 Å². The predicted octanol–water partition coefficient (Wildman–Crippen LogP) is -0.355. The molecule has 0 aromatic carbocycles. The van der Waals surface area contributed by atoms with Gasteiger partial charge in [0.1, 0.15) is 6.04 Å². The maximum absolute atomic E-state index is 11.9. The van der Waals surface area contributed by atoms with Gasteiger partial charge in [0, 0.05) is 18.9 Å². The number of nitrogens with two attached hydrogens (primary N) is 1. The number of carboxylic acids is 2. The number of hydrogen-bond donors (Lipinski definition) is 5. The van der Waals surface area contributed by atoms with Gasteiger partial charge in [-0.25, -0.2) is 4.79 Å². The Labute approximate surface area is 151 Å². The van der Waals surface area contributed by atoms with E-state index in [2.05, 4.69) is 10.6 Å². The topological polar surface area (TPSA) is 159 Å². The molecule has 0 aromatic rings. The first-order valence-corrected chi connectivity index (χ1v) is 9.22. The first-order valence-electron chi connectivity index (χ1n) is 8.07. The Balaban J connectivity index is 4.13. The van der Waals surface area contributed by atoms with E-state index in [0.717, 1.165) is 0 Å². The molecule has 0 bridgehead atoms. The number of carboxylic acid groups (broad SMARTS) is 2. The van der Waals surface area contributed by atoms with Crippen LogP contribution in [0.5, 0.6) is 0 Å². The van der Waals surface area contributed by atoms with Crippen molar-refractivity contribution in [3.8, 4) is 0 Å². The Morgan fingerprint density at radius 3 is 2.40 bits per heavy atom. The summed E-state index contributed by atoms with van der Waals surface area (Å²) < 4.78 is 0. The van der Waals surface area contributed by atoms with Crippen molar-refractivity contribution in [2.24, 2.45) is 11.7 Å². The molecule has 0 aliphatic rings. The highest BCUT2D eigenvalue weighted by atomic mass is 32.2. The number of thioether (sulfide) groups is 1. The highest BCUT2D eigenvalue weighted by Crippen LogP contribution is 2.09.